The molecule has 0 radical (unpaired) electrons. The second kappa shape index (κ2) is 10.1. The Morgan fingerprint density at radius 3 is 2.57 bits per heavy atom. The van der Waals surface area contributed by atoms with E-state index in [0.717, 1.165) is 25.7 Å². The van der Waals surface area contributed by atoms with Crippen LogP contribution in [-0.4, -0.2) is 42.6 Å². The zero-order chi connectivity index (χ0) is 25.3. The molecule has 8 heteroatoms. The van der Waals surface area contributed by atoms with Gasteiger partial charge in [-0.2, -0.15) is 0 Å². The standard InChI is InChI=1S/C27H33NO7/c1-5-34-20-13-16(10-11-19(20)29)23-22(27(32)35-17-8-6-7-9-17)15(3)28-18-12-14(2)21(26(31)33-4)25(30)24(18)23/h10-11,13-14,17,21,23,28-29H,5-9,12H2,1-4H3/t14-,21-,23-/m1/s1. The predicted molar refractivity (Wildman–Crippen MR) is 128 cm³/mol. The fourth-order valence-corrected chi connectivity index (χ4v) is 5.49. The molecule has 3 aliphatic rings. The van der Waals surface area contributed by atoms with Gasteiger partial charge >= 0.3 is 11.9 Å². The number of carbonyl (C=O) groups excluding carboxylic acids is 3. The highest BCUT2D eigenvalue weighted by Crippen LogP contribution is 2.47. The van der Waals surface area contributed by atoms with Gasteiger partial charge in [0.05, 0.1) is 19.3 Å². The van der Waals surface area contributed by atoms with Crippen molar-refractivity contribution in [1.82, 2.24) is 5.32 Å². The first-order chi connectivity index (χ1) is 16.8. The number of benzene rings is 1. The van der Waals surface area contributed by atoms with E-state index in [1.807, 2.05) is 6.92 Å². The number of phenols is 1. The summed E-state index contributed by atoms with van der Waals surface area (Å²) >= 11 is 0. The molecule has 1 aliphatic heterocycles. The van der Waals surface area contributed by atoms with Gasteiger partial charge in [0.1, 0.15) is 12.0 Å². The molecule has 35 heavy (non-hydrogen) atoms. The second-order valence-electron chi connectivity index (χ2n) is 9.51. The topological polar surface area (TPSA) is 111 Å². The molecule has 0 bridgehead atoms. The van der Waals surface area contributed by atoms with Crippen LogP contribution in [0.15, 0.2) is 40.7 Å². The minimum atomic E-state index is -0.961. The summed E-state index contributed by atoms with van der Waals surface area (Å²) in [5.74, 6) is -3.21. The SMILES string of the molecule is CCOc1cc([C@@H]2C(C(=O)OC3CCCC3)=C(C)NC3=C2C(=O)[C@H](C(=O)OC)[C@H](C)C3)ccc1O. The van der Waals surface area contributed by atoms with E-state index >= 15 is 0 Å². The number of hydrogen-bond acceptors (Lipinski definition) is 8. The molecule has 1 saturated carbocycles. The summed E-state index contributed by atoms with van der Waals surface area (Å²) in [6.07, 6.45) is 3.97. The van der Waals surface area contributed by atoms with Crippen LogP contribution in [0.25, 0.3) is 0 Å². The number of phenolic OH excluding ortho intramolecular Hbond substituents is 1. The third kappa shape index (κ3) is 4.66. The van der Waals surface area contributed by atoms with Crippen molar-refractivity contribution in [1.29, 1.82) is 0 Å². The summed E-state index contributed by atoms with van der Waals surface area (Å²) < 4.78 is 16.4. The Hall–Kier alpha value is -3.29. The van der Waals surface area contributed by atoms with Crippen molar-refractivity contribution in [3.05, 3.63) is 46.3 Å². The number of aromatic hydroxyl groups is 1. The van der Waals surface area contributed by atoms with E-state index in [0.29, 0.717) is 41.1 Å². The van der Waals surface area contributed by atoms with Gasteiger partial charge in [0.2, 0.25) is 0 Å². The number of methoxy groups -OCH3 is 1. The van der Waals surface area contributed by atoms with Crippen LogP contribution in [-0.2, 0) is 23.9 Å². The average Bonchev–Trinajstić information content (AvgIpc) is 3.32. The van der Waals surface area contributed by atoms with E-state index in [4.69, 9.17) is 14.2 Å². The number of carbonyl (C=O) groups is 3. The summed E-state index contributed by atoms with van der Waals surface area (Å²) in [5.41, 5.74) is 2.59. The Labute approximate surface area is 205 Å². The van der Waals surface area contributed by atoms with Crippen molar-refractivity contribution in [3.63, 3.8) is 0 Å². The van der Waals surface area contributed by atoms with Gasteiger partial charge in [-0.05, 0) is 69.6 Å². The Balaban J connectivity index is 1.84. The molecule has 8 nitrogen and oxygen atoms in total. The van der Waals surface area contributed by atoms with Crippen molar-refractivity contribution < 1.29 is 33.7 Å². The molecule has 4 rings (SSSR count). The summed E-state index contributed by atoms with van der Waals surface area (Å²) in [4.78, 5) is 39.9. The Morgan fingerprint density at radius 2 is 1.91 bits per heavy atom. The van der Waals surface area contributed by atoms with Gasteiger partial charge < -0.3 is 24.6 Å². The zero-order valence-corrected chi connectivity index (χ0v) is 20.7. The summed E-state index contributed by atoms with van der Waals surface area (Å²) in [6.45, 7) is 5.78. The molecule has 2 aliphatic carbocycles. The lowest BCUT2D eigenvalue weighted by Crippen LogP contribution is -2.43. The van der Waals surface area contributed by atoms with Crippen molar-refractivity contribution >= 4 is 17.7 Å². The van der Waals surface area contributed by atoms with Crippen molar-refractivity contribution in [2.24, 2.45) is 11.8 Å². The number of dihydropyridines is 1. The van der Waals surface area contributed by atoms with Crippen LogP contribution in [0.4, 0.5) is 0 Å². The number of ketones is 1. The average molecular weight is 484 g/mol. The van der Waals surface area contributed by atoms with Crippen molar-refractivity contribution in [3.8, 4) is 11.5 Å². The number of allylic oxidation sites excluding steroid dienone is 3. The number of ether oxygens (including phenoxy) is 3. The quantitative estimate of drug-likeness (QED) is 0.463. The molecule has 0 amide bonds. The van der Waals surface area contributed by atoms with E-state index in [-0.39, 0.29) is 29.3 Å². The summed E-state index contributed by atoms with van der Waals surface area (Å²) in [6, 6.07) is 4.81. The minimum Gasteiger partial charge on any atom is -0.504 e. The van der Waals surface area contributed by atoms with Gasteiger partial charge in [-0.1, -0.05) is 13.0 Å². The zero-order valence-electron chi connectivity index (χ0n) is 20.7. The van der Waals surface area contributed by atoms with Crippen molar-refractivity contribution in [2.75, 3.05) is 13.7 Å². The second-order valence-corrected chi connectivity index (χ2v) is 9.51. The van der Waals surface area contributed by atoms with Gasteiger partial charge in [0.15, 0.2) is 17.3 Å². The smallest absolute Gasteiger partial charge is 0.337 e. The van der Waals surface area contributed by atoms with E-state index < -0.39 is 23.8 Å². The van der Waals surface area contributed by atoms with E-state index in [2.05, 4.69) is 5.32 Å². The molecule has 1 heterocycles. The summed E-state index contributed by atoms with van der Waals surface area (Å²) in [5, 5.41) is 13.5. The van der Waals surface area contributed by atoms with E-state index in [1.54, 1.807) is 26.0 Å². The summed E-state index contributed by atoms with van der Waals surface area (Å²) in [7, 11) is 1.27. The minimum absolute atomic E-state index is 0.0365. The first kappa shape index (κ1) is 24.8. The largest absolute Gasteiger partial charge is 0.504 e. The highest BCUT2D eigenvalue weighted by Gasteiger charge is 2.47. The Morgan fingerprint density at radius 1 is 1.20 bits per heavy atom. The van der Waals surface area contributed by atoms with Gasteiger partial charge in [-0.25, -0.2) is 4.79 Å². The first-order valence-electron chi connectivity index (χ1n) is 12.3. The number of nitrogens with one attached hydrogen (secondary N) is 1. The lowest BCUT2D eigenvalue weighted by Gasteiger charge is -2.38. The van der Waals surface area contributed by atoms with Gasteiger partial charge in [-0.3, -0.25) is 9.59 Å². The molecule has 0 unspecified atom stereocenters. The van der Waals surface area contributed by atoms with Crippen LogP contribution in [0.3, 0.4) is 0 Å². The molecule has 3 atom stereocenters. The van der Waals surface area contributed by atoms with Gasteiger partial charge in [-0.15, -0.1) is 0 Å². The molecule has 188 valence electrons. The normalized spacial score (nSPS) is 24.7. The van der Waals surface area contributed by atoms with Gasteiger partial charge in [0.25, 0.3) is 0 Å². The third-order valence-electron chi connectivity index (χ3n) is 7.16. The van der Waals surface area contributed by atoms with Crippen LogP contribution >= 0.6 is 0 Å². The molecule has 1 aromatic carbocycles. The lowest BCUT2D eigenvalue weighted by molar-refractivity contribution is -0.151. The third-order valence-corrected chi connectivity index (χ3v) is 7.16. The van der Waals surface area contributed by atoms with Crippen LogP contribution in [0.2, 0.25) is 0 Å². The van der Waals surface area contributed by atoms with Gasteiger partial charge in [0, 0.05) is 22.9 Å². The molecule has 2 N–H and O–H groups in total. The van der Waals surface area contributed by atoms with Crippen LogP contribution in [0.1, 0.15) is 64.4 Å². The Bertz CT molecular complexity index is 1100. The number of rotatable bonds is 6. The van der Waals surface area contributed by atoms with Crippen LogP contribution < -0.4 is 10.1 Å². The molecule has 1 aromatic rings. The molecule has 0 aromatic heterocycles. The molecule has 0 saturated heterocycles. The predicted octanol–water partition coefficient (Wildman–Crippen LogP) is 3.89. The highest BCUT2D eigenvalue weighted by molar-refractivity contribution is 6.12. The maximum absolute atomic E-state index is 13.8. The van der Waals surface area contributed by atoms with E-state index in [1.165, 1.54) is 13.2 Å². The number of Topliss-reactive ketones (excluding diaryl/α,β-unsaturated/α-hetero) is 1. The molecule has 1 fully saturated rings. The first-order valence-corrected chi connectivity index (χ1v) is 12.3. The van der Waals surface area contributed by atoms with E-state index in [9.17, 15) is 19.5 Å². The van der Waals surface area contributed by atoms with Crippen molar-refractivity contribution in [2.45, 2.75) is 64.9 Å². The fourth-order valence-electron chi connectivity index (χ4n) is 5.49. The molecule has 0 spiro atoms. The molecular formula is C27H33NO7. The number of hydrogen-bond donors (Lipinski definition) is 2. The number of esters is 2. The maximum atomic E-state index is 13.8. The van der Waals surface area contributed by atoms with Crippen LogP contribution in [0, 0.1) is 11.8 Å². The Kier molecular flexibility index (Phi) is 7.19. The monoisotopic (exact) mass is 483 g/mol. The fraction of sp³-hybridized carbons (Fsp3) is 0.519. The lowest BCUT2D eigenvalue weighted by atomic mass is 9.69. The highest BCUT2D eigenvalue weighted by atomic mass is 16.5. The molecular weight excluding hydrogens is 450 g/mol. The maximum Gasteiger partial charge on any atom is 0.337 e. The van der Waals surface area contributed by atoms with Crippen LogP contribution in [0.5, 0.6) is 11.5 Å².